The molecule has 9 heteroatoms. The molecule has 0 aromatic heterocycles. The van der Waals surface area contributed by atoms with E-state index >= 15 is 0 Å². The van der Waals surface area contributed by atoms with Crippen molar-refractivity contribution in [1.29, 1.82) is 0 Å². The van der Waals surface area contributed by atoms with Gasteiger partial charge in [0.2, 0.25) is 15.8 Å². The standard InChI is InChI=1S/C9H10FIN2O4S/c10-8-6-7(2-3-9(8)13(14)15)18(16,17)12-5-1-4-11/h2-3,6,12H,1,4-5H2. The highest BCUT2D eigenvalue weighted by Crippen LogP contribution is 2.20. The van der Waals surface area contributed by atoms with E-state index in [4.69, 9.17) is 0 Å². The van der Waals surface area contributed by atoms with Crippen LogP contribution >= 0.6 is 22.6 Å². The van der Waals surface area contributed by atoms with E-state index in [2.05, 4.69) is 27.3 Å². The zero-order valence-electron chi connectivity index (χ0n) is 9.10. The first-order valence-corrected chi connectivity index (χ1v) is 7.89. The first kappa shape index (κ1) is 15.2. The number of nitro benzene ring substituents is 1. The molecule has 0 aliphatic carbocycles. The molecular weight excluding hydrogens is 378 g/mol. The molecule has 1 aromatic rings. The van der Waals surface area contributed by atoms with Gasteiger partial charge in [0.25, 0.3) is 0 Å². The fourth-order valence-corrected chi connectivity index (χ4v) is 2.63. The first-order chi connectivity index (χ1) is 8.38. The zero-order valence-corrected chi connectivity index (χ0v) is 12.1. The zero-order chi connectivity index (χ0) is 13.8. The highest BCUT2D eigenvalue weighted by Gasteiger charge is 2.20. The summed E-state index contributed by atoms with van der Waals surface area (Å²) < 4.78 is 39.7. The summed E-state index contributed by atoms with van der Waals surface area (Å²) in [7, 11) is -3.81. The molecule has 1 N–H and O–H groups in total. The summed E-state index contributed by atoms with van der Waals surface area (Å²) in [6.45, 7) is 0.240. The number of nitrogens with one attached hydrogen (secondary N) is 1. The van der Waals surface area contributed by atoms with Gasteiger partial charge in [-0.25, -0.2) is 13.1 Å². The fourth-order valence-electron chi connectivity index (χ4n) is 1.16. The van der Waals surface area contributed by atoms with Crippen LogP contribution in [0.2, 0.25) is 0 Å². The normalized spacial score (nSPS) is 11.4. The maximum atomic E-state index is 13.3. The summed E-state index contributed by atoms with van der Waals surface area (Å²) in [5, 5.41) is 10.4. The Morgan fingerprint density at radius 1 is 1.44 bits per heavy atom. The molecule has 0 saturated carbocycles. The van der Waals surface area contributed by atoms with Crippen molar-refractivity contribution in [2.24, 2.45) is 0 Å². The van der Waals surface area contributed by atoms with Crippen molar-refractivity contribution in [3.8, 4) is 0 Å². The summed E-state index contributed by atoms with van der Waals surface area (Å²) in [5.41, 5.74) is -0.749. The van der Waals surface area contributed by atoms with Gasteiger partial charge in [-0.1, -0.05) is 22.6 Å². The van der Waals surface area contributed by atoms with Crippen LogP contribution < -0.4 is 4.72 Å². The topological polar surface area (TPSA) is 89.3 Å². The predicted octanol–water partition coefficient (Wildman–Crippen LogP) is 1.84. The lowest BCUT2D eigenvalue weighted by Crippen LogP contribution is -2.25. The molecule has 0 spiro atoms. The number of rotatable bonds is 6. The second kappa shape index (κ2) is 6.38. The van der Waals surface area contributed by atoms with E-state index < -0.39 is 26.5 Å². The average Bonchev–Trinajstić information content (AvgIpc) is 2.28. The van der Waals surface area contributed by atoms with E-state index in [1.54, 1.807) is 0 Å². The quantitative estimate of drug-likeness (QED) is 0.265. The van der Waals surface area contributed by atoms with Crippen molar-refractivity contribution in [1.82, 2.24) is 4.72 Å². The van der Waals surface area contributed by atoms with E-state index in [1.807, 2.05) is 0 Å². The Hall–Kier alpha value is -0.810. The molecule has 0 saturated heterocycles. The Labute approximate surface area is 117 Å². The van der Waals surface area contributed by atoms with Crippen LogP contribution in [0, 0.1) is 15.9 Å². The van der Waals surface area contributed by atoms with Gasteiger partial charge in [-0.05, 0) is 12.5 Å². The molecule has 0 atom stereocenters. The minimum absolute atomic E-state index is 0.240. The summed E-state index contributed by atoms with van der Waals surface area (Å²) in [4.78, 5) is 9.17. The van der Waals surface area contributed by atoms with Crippen LogP contribution in [0.5, 0.6) is 0 Å². The first-order valence-electron chi connectivity index (χ1n) is 4.88. The average molecular weight is 388 g/mol. The van der Waals surface area contributed by atoms with E-state index in [0.717, 1.165) is 16.6 Å². The Kier molecular flexibility index (Phi) is 5.41. The molecule has 1 aromatic carbocycles. The Morgan fingerprint density at radius 3 is 2.61 bits per heavy atom. The lowest BCUT2D eigenvalue weighted by molar-refractivity contribution is -0.387. The number of hydrogen-bond donors (Lipinski definition) is 1. The highest BCUT2D eigenvalue weighted by atomic mass is 127. The van der Waals surface area contributed by atoms with Gasteiger partial charge in [-0.15, -0.1) is 0 Å². The minimum atomic E-state index is -3.81. The molecule has 0 fully saturated rings. The number of halogens is 2. The smallest absolute Gasteiger partial charge is 0.258 e. The molecule has 1 rings (SSSR count). The molecular formula is C9H10FIN2O4S. The van der Waals surface area contributed by atoms with Gasteiger partial charge in [0.1, 0.15) is 0 Å². The van der Waals surface area contributed by atoms with Crippen LogP contribution in [0.3, 0.4) is 0 Å². The predicted molar refractivity (Wildman–Crippen MR) is 71.7 cm³/mol. The number of nitrogens with zero attached hydrogens (tertiary/aromatic N) is 1. The minimum Gasteiger partial charge on any atom is -0.258 e. The summed E-state index contributed by atoms with van der Waals surface area (Å²) >= 11 is 2.10. The van der Waals surface area contributed by atoms with Gasteiger partial charge >= 0.3 is 5.69 Å². The van der Waals surface area contributed by atoms with Gasteiger partial charge in [-0.3, -0.25) is 10.1 Å². The second-order valence-electron chi connectivity index (χ2n) is 3.31. The lowest BCUT2D eigenvalue weighted by Gasteiger charge is -2.05. The fraction of sp³-hybridized carbons (Fsp3) is 0.333. The molecule has 0 radical (unpaired) electrons. The summed E-state index contributed by atoms with van der Waals surface area (Å²) in [5.74, 6) is -1.17. The van der Waals surface area contributed by atoms with Crippen molar-refractivity contribution in [2.45, 2.75) is 11.3 Å². The van der Waals surface area contributed by atoms with Crippen LogP contribution in [0.25, 0.3) is 0 Å². The summed E-state index contributed by atoms with van der Waals surface area (Å²) in [6.07, 6.45) is 0.648. The lowest BCUT2D eigenvalue weighted by atomic mass is 10.3. The molecule has 0 amide bonds. The maximum absolute atomic E-state index is 13.3. The Balaban J connectivity index is 2.97. The molecule has 6 nitrogen and oxygen atoms in total. The second-order valence-corrected chi connectivity index (χ2v) is 6.16. The van der Waals surface area contributed by atoms with Crippen LogP contribution in [0.15, 0.2) is 23.1 Å². The van der Waals surface area contributed by atoms with Crippen molar-refractivity contribution < 1.29 is 17.7 Å². The van der Waals surface area contributed by atoms with Crippen molar-refractivity contribution in [3.63, 3.8) is 0 Å². The third kappa shape index (κ3) is 3.85. The number of benzene rings is 1. The molecule has 0 heterocycles. The Bertz CT molecular complexity index is 549. The number of hydrogen-bond acceptors (Lipinski definition) is 4. The maximum Gasteiger partial charge on any atom is 0.304 e. The SMILES string of the molecule is O=[N+]([O-])c1ccc(S(=O)(=O)NCCCI)cc1F. The molecule has 100 valence electrons. The van der Waals surface area contributed by atoms with Gasteiger partial charge < -0.3 is 0 Å². The van der Waals surface area contributed by atoms with E-state index in [0.29, 0.717) is 12.5 Å². The van der Waals surface area contributed by atoms with E-state index in [-0.39, 0.29) is 11.4 Å². The van der Waals surface area contributed by atoms with E-state index in [1.165, 1.54) is 0 Å². The molecule has 0 aliphatic heterocycles. The largest absolute Gasteiger partial charge is 0.304 e. The van der Waals surface area contributed by atoms with Crippen molar-refractivity contribution in [2.75, 3.05) is 11.0 Å². The third-order valence-electron chi connectivity index (χ3n) is 2.03. The van der Waals surface area contributed by atoms with Crippen LogP contribution in [-0.4, -0.2) is 24.3 Å². The highest BCUT2D eigenvalue weighted by molar-refractivity contribution is 14.1. The van der Waals surface area contributed by atoms with Gasteiger partial charge in [0, 0.05) is 23.1 Å². The number of sulfonamides is 1. The van der Waals surface area contributed by atoms with Crippen LogP contribution in [-0.2, 0) is 10.0 Å². The monoisotopic (exact) mass is 388 g/mol. The Morgan fingerprint density at radius 2 is 2.11 bits per heavy atom. The number of nitro groups is 1. The van der Waals surface area contributed by atoms with Crippen LogP contribution in [0.4, 0.5) is 10.1 Å². The molecule has 0 unspecified atom stereocenters. The van der Waals surface area contributed by atoms with Crippen molar-refractivity contribution in [3.05, 3.63) is 34.1 Å². The molecule has 0 bridgehead atoms. The molecule has 0 aliphatic rings. The van der Waals surface area contributed by atoms with Gasteiger partial charge in [0.15, 0.2) is 0 Å². The molecule has 18 heavy (non-hydrogen) atoms. The third-order valence-corrected chi connectivity index (χ3v) is 4.25. The van der Waals surface area contributed by atoms with Crippen LogP contribution in [0.1, 0.15) is 6.42 Å². The van der Waals surface area contributed by atoms with Gasteiger partial charge in [-0.2, -0.15) is 4.39 Å². The van der Waals surface area contributed by atoms with Gasteiger partial charge in [0.05, 0.1) is 9.82 Å². The number of alkyl halides is 1. The van der Waals surface area contributed by atoms with Crippen molar-refractivity contribution >= 4 is 38.3 Å². The van der Waals surface area contributed by atoms with E-state index in [9.17, 15) is 22.9 Å². The summed E-state index contributed by atoms with van der Waals surface area (Å²) in [6, 6.07) is 2.49.